The van der Waals surface area contributed by atoms with E-state index in [0.717, 1.165) is 50.5 Å². The van der Waals surface area contributed by atoms with Crippen molar-refractivity contribution < 1.29 is 15.0 Å². The lowest BCUT2D eigenvalue weighted by molar-refractivity contribution is -0.165. The van der Waals surface area contributed by atoms with Gasteiger partial charge in [-0.2, -0.15) is 0 Å². The summed E-state index contributed by atoms with van der Waals surface area (Å²) in [5, 5.41) is 21.0. The van der Waals surface area contributed by atoms with Gasteiger partial charge in [0.15, 0.2) is 5.78 Å². The van der Waals surface area contributed by atoms with E-state index in [9.17, 15) is 15.0 Å². The number of carbonyl (C=O) groups is 1. The van der Waals surface area contributed by atoms with E-state index in [2.05, 4.69) is 19.9 Å². The highest BCUT2D eigenvalue weighted by molar-refractivity contribution is 5.95. The first kappa shape index (κ1) is 16.8. The average Bonchev–Trinajstić information content (AvgIpc) is 2.87. The Kier molecular flexibility index (Phi) is 3.78. The second-order valence-electron chi connectivity index (χ2n) is 9.59. The SMILES string of the molecule is CC(=O)C1=CCC2C3CC(O)C4CC(O)CCC4(C)C3CCC12C. The van der Waals surface area contributed by atoms with Gasteiger partial charge in [-0.25, -0.2) is 0 Å². The molecule has 0 aromatic rings. The van der Waals surface area contributed by atoms with E-state index in [1.807, 2.05) is 0 Å². The Hall–Kier alpha value is -0.670. The molecule has 0 heterocycles. The Bertz CT molecular complexity index is 582. The molecule has 3 fully saturated rings. The van der Waals surface area contributed by atoms with Gasteiger partial charge in [0.25, 0.3) is 0 Å². The van der Waals surface area contributed by atoms with Gasteiger partial charge in [-0.3, -0.25) is 4.79 Å². The average molecular weight is 332 g/mol. The Morgan fingerprint density at radius 3 is 2.54 bits per heavy atom. The van der Waals surface area contributed by atoms with Gasteiger partial charge in [-0.05, 0) is 91.9 Å². The molecule has 3 nitrogen and oxygen atoms in total. The van der Waals surface area contributed by atoms with Crippen molar-refractivity contribution in [3.63, 3.8) is 0 Å². The fraction of sp³-hybridized carbons (Fsp3) is 0.857. The molecule has 4 rings (SSSR count). The van der Waals surface area contributed by atoms with E-state index in [1.54, 1.807) is 6.92 Å². The van der Waals surface area contributed by atoms with E-state index in [4.69, 9.17) is 0 Å². The Balaban J connectivity index is 1.66. The summed E-state index contributed by atoms with van der Waals surface area (Å²) in [6.45, 7) is 6.38. The van der Waals surface area contributed by atoms with Crippen molar-refractivity contribution in [1.82, 2.24) is 0 Å². The van der Waals surface area contributed by atoms with Crippen LogP contribution in [0.4, 0.5) is 0 Å². The first-order valence-corrected chi connectivity index (χ1v) is 9.85. The number of aliphatic hydroxyl groups is 2. The molecule has 0 saturated heterocycles. The molecule has 3 heteroatoms. The van der Waals surface area contributed by atoms with E-state index < -0.39 is 0 Å². The molecule has 134 valence electrons. The molecular weight excluding hydrogens is 300 g/mol. The van der Waals surface area contributed by atoms with Crippen molar-refractivity contribution >= 4 is 5.78 Å². The molecule has 0 bridgehead atoms. The van der Waals surface area contributed by atoms with Gasteiger partial charge in [0.05, 0.1) is 12.2 Å². The molecular formula is C21H32O3. The molecule has 0 aliphatic heterocycles. The van der Waals surface area contributed by atoms with Gasteiger partial charge in [-0.15, -0.1) is 0 Å². The van der Waals surface area contributed by atoms with Crippen LogP contribution in [0.1, 0.15) is 65.7 Å². The van der Waals surface area contributed by atoms with Crippen LogP contribution in [0, 0.1) is 34.5 Å². The molecule has 0 amide bonds. The van der Waals surface area contributed by atoms with Crippen molar-refractivity contribution in [1.29, 1.82) is 0 Å². The van der Waals surface area contributed by atoms with Gasteiger partial charge in [0.2, 0.25) is 0 Å². The quantitative estimate of drug-likeness (QED) is 0.773. The van der Waals surface area contributed by atoms with Crippen LogP contribution in [0.3, 0.4) is 0 Å². The lowest BCUT2D eigenvalue weighted by Gasteiger charge is -2.61. The van der Waals surface area contributed by atoms with E-state index >= 15 is 0 Å². The van der Waals surface area contributed by atoms with Crippen LogP contribution in [0.5, 0.6) is 0 Å². The number of carbonyl (C=O) groups excluding carboxylic acids is 1. The highest BCUT2D eigenvalue weighted by Crippen LogP contribution is 2.66. The lowest BCUT2D eigenvalue weighted by Crippen LogP contribution is -2.58. The fourth-order valence-corrected chi connectivity index (χ4v) is 7.39. The number of Topliss-reactive ketones (excluding diaryl/α,β-unsaturated/α-hetero) is 1. The van der Waals surface area contributed by atoms with E-state index in [-0.39, 0.29) is 34.7 Å². The summed E-state index contributed by atoms with van der Waals surface area (Å²) in [6.07, 6.45) is 8.47. The number of rotatable bonds is 1. The van der Waals surface area contributed by atoms with E-state index in [1.165, 1.54) is 0 Å². The standard InChI is InChI=1S/C21H32O3/c1-12(22)15-4-5-16-14-11-19(24)18-10-13(23)6-8-21(18,3)17(14)7-9-20(15,16)2/h4,13-14,16-19,23-24H,5-11H2,1-3H3. The van der Waals surface area contributed by atoms with Crippen LogP contribution >= 0.6 is 0 Å². The van der Waals surface area contributed by atoms with Crippen LogP contribution in [-0.4, -0.2) is 28.2 Å². The minimum absolute atomic E-state index is 0.0180. The third-order valence-electron chi connectivity index (χ3n) is 8.61. The zero-order valence-electron chi connectivity index (χ0n) is 15.3. The van der Waals surface area contributed by atoms with Crippen LogP contribution in [-0.2, 0) is 4.79 Å². The Morgan fingerprint density at radius 2 is 1.83 bits per heavy atom. The van der Waals surface area contributed by atoms with Crippen LogP contribution in [0.25, 0.3) is 0 Å². The number of ketones is 1. The van der Waals surface area contributed by atoms with Crippen molar-refractivity contribution in [3.8, 4) is 0 Å². The summed E-state index contributed by atoms with van der Waals surface area (Å²) < 4.78 is 0. The van der Waals surface area contributed by atoms with Gasteiger partial charge in [-0.1, -0.05) is 19.9 Å². The number of hydrogen-bond donors (Lipinski definition) is 2. The maximum Gasteiger partial charge on any atom is 0.156 e. The minimum atomic E-state index is -0.296. The molecule has 0 aromatic carbocycles. The van der Waals surface area contributed by atoms with Gasteiger partial charge >= 0.3 is 0 Å². The molecule has 24 heavy (non-hydrogen) atoms. The predicted octanol–water partition coefficient (Wildman–Crippen LogP) is 3.49. The summed E-state index contributed by atoms with van der Waals surface area (Å²) in [5.74, 6) is 2.14. The smallest absolute Gasteiger partial charge is 0.156 e. The second kappa shape index (κ2) is 5.41. The predicted molar refractivity (Wildman–Crippen MR) is 93.3 cm³/mol. The van der Waals surface area contributed by atoms with Gasteiger partial charge in [0, 0.05) is 0 Å². The molecule has 3 saturated carbocycles. The molecule has 0 spiro atoms. The van der Waals surface area contributed by atoms with Gasteiger partial charge in [0.1, 0.15) is 0 Å². The van der Waals surface area contributed by atoms with Crippen molar-refractivity contribution in [3.05, 3.63) is 11.6 Å². The molecule has 2 N–H and O–H groups in total. The molecule has 8 unspecified atom stereocenters. The second-order valence-corrected chi connectivity index (χ2v) is 9.59. The van der Waals surface area contributed by atoms with Gasteiger partial charge < -0.3 is 10.2 Å². The van der Waals surface area contributed by atoms with Crippen molar-refractivity contribution in [2.24, 2.45) is 34.5 Å². The maximum atomic E-state index is 12.1. The van der Waals surface area contributed by atoms with Crippen LogP contribution in [0.15, 0.2) is 11.6 Å². The first-order chi connectivity index (χ1) is 11.3. The highest BCUT2D eigenvalue weighted by atomic mass is 16.3. The summed E-state index contributed by atoms with van der Waals surface area (Å²) >= 11 is 0. The van der Waals surface area contributed by atoms with Crippen molar-refractivity contribution in [2.45, 2.75) is 77.9 Å². The maximum absolute atomic E-state index is 12.1. The summed E-state index contributed by atoms with van der Waals surface area (Å²) in [5.41, 5.74) is 1.22. The highest BCUT2D eigenvalue weighted by Gasteiger charge is 2.60. The monoisotopic (exact) mass is 332 g/mol. The molecule has 4 aliphatic rings. The normalized spacial score (nSPS) is 53.6. The summed E-state index contributed by atoms with van der Waals surface area (Å²) in [4.78, 5) is 12.1. The third kappa shape index (κ3) is 2.13. The minimum Gasteiger partial charge on any atom is -0.393 e. The topological polar surface area (TPSA) is 57.5 Å². The zero-order valence-corrected chi connectivity index (χ0v) is 15.3. The molecule has 4 aliphatic carbocycles. The van der Waals surface area contributed by atoms with Crippen LogP contribution < -0.4 is 0 Å². The Labute approximate surface area is 145 Å². The molecule has 8 atom stereocenters. The molecule has 0 radical (unpaired) electrons. The fourth-order valence-electron chi connectivity index (χ4n) is 7.39. The summed E-state index contributed by atoms with van der Waals surface area (Å²) in [7, 11) is 0. The molecule has 0 aromatic heterocycles. The van der Waals surface area contributed by atoms with E-state index in [0.29, 0.717) is 17.8 Å². The third-order valence-corrected chi connectivity index (χ3v) is 8.61. The number of fused-ring (bicyclic) bond motifs is 5. The largest absolute Gasteiger partial charge is 0.393 e. The summed E-state index contributed by atoms with van der Waals surface area (Å²) in [6, 6.07) is 0. The number of hydrogen-bond acceptors (Lipinski definition) is 3. The lowest BCUT2D eigenvalue weighted by atomic mass is 9.44. The first-order valence-electron chi connectivity index (χ1n) is 9.85. The number of aliphatic hydroxyl groups excluding tert-OH is 2. The zero-order chi connectivity index (χ0) is 17.3. The Morgan fingerprint density at radius 1 is 1.08 bits per heavy atom. The number of allylic oxidation sites excluding steroid dienone is 2. The van der Waals surface area contributed by atoms with Crippen molar-refractivity contribution in [2.75, 3.05) is 0 Å². The van der Waals surface area contributed by atoms with Crippen LogP contribution in [0.2, 0.25) is 0 Å².